The minimum atomic E-state index is 0.858. The van der Waals surface area contributed by atoms with Gasteiger partial charge < -0.3 is 9.32 Å². The first-order valence-corrected chi connectivity index (χ1v) is 19.8. The van der Waals surface area contributed by atoms with Gasteiger partial charge in [0.25, 0.3) is 0 Å². The van der Waals surface area contributed by atoms with Gasteiger partial charge in [-0.3, -0.25) is 0 Å². The molecule has 11 rings (SSSR count). The molecule has 272 valence electrons. The molecule has 58 heavy (non-hydrogen) atoms. The maximum atomic E-state index is 6.50. The van der Waals surface area contributed by atoms with E-state index < -0.39 is 0 Å². The zero-order chi connectivity index (χ0) is 38.4. The fourth-order valence-electron chi connectivity index (χ4n) is 8.72. The summed E-state index contributed by atoms with van der Waals surface area (Å²) in [6.07, 6.45) is 0. The van der Waals surface area contributed by atoms with Gasteiger partial charge in [-0.05, 0) is 103 Å². The van der Waals surface area contributed by atoms with E-state index in [9.17, 15) is 0 Å². The number of hydrogen-bond acceptors (Lipinski definition) is 2. The first-order chi connectivity index (χ1) is 28.8. The summed E-state index contributed by atoms with van der Waals surface area (Å²) in [4.78, 5) is 2.43. The molecule has 0 fully saturated rings. The van der Waals surface area contributed by atoms with E-state index >= 15 is 0 Å². The Balaban J connectivity index is 1.12. The fraction of sp³-hybridized carbons (Fsp3) is 0. The molecule has 0 saturated carbocycles. The number of hydrogen-bond donors (Lipinski definition) is 0. The van der Waals surface area contributed by atoms with E-state index in [-0.39, 0.29) is 0 Å². The Kier molecular flexibility index (Phi) is 8.19. The van der Waals surface area contributed by atoms with E-state index in [0.717, 1.165) is 61.3 Å². The highest BCUT2D eigenvalue weighted by molar-refractivity contribution is 6.14. The van der Waals surface area contributed by atoms with Crippen LogP contribution in [0.4, 0.5) is 17.1 Å². The monoisotopic (exact) mass is 739 g/mol. The predicted octanol–water partition coefficient (Wildman–Crippen LogP) is 16.0. The summed E-state index contributed by atoms with van der Waals surface area (Å²) in [5, 5.41) is 7.13. The molecule has 0 aliphatic rings. The number of nitrogens with zero attached hydrogens (tertiary/aromatic N) is 1. The van der Waals surface area contributed by atoms with E-state index in [1.54, 1.807) is 0 Å². The highest BCUT2D eigenvalue weighted by atomic mass is 16.3. The first-order valence-electron chi connectivity index (χ1n) is 19.8. The van der Waals surface area contributed by atoms with Gasteiger partial charge in [-0.1, -0.05) is 182 Å². The molecule has 0 unspecified atom stereocenters. The number of rotatable bonds is 7. The van der Waals surface area contributed by atoms with Gasteiger partial charge in [0.15, 0.2) is 0 Å². The quantitative estimate of drug-likeness (QED) is 0.162. The van der Waals surface area contributed by atoms with E-state index in [1.807, 2.05) is 6.07 Å². The van der Waals surface area contributed by atoms with Crippen LogP contribution in [0.25, 0.3) is 88.0 Å². The SMILES string of the molecule is c1ccc(-c2ccc(-c3cccc4ccccc34)cc2N(c2ccc(-c3cccc(-c4cccc5ccccc45)c3)cc2)c2cccc3oc4ccccc4c23)cc1. The Labute approximate surface area is 337 Å². The van der Waals surface area contributed by atoms with Gasteiger partial charge in [0, 0.05) is 16.6 Å². The van der Waals surface area contributed by atoms with E-state index in [1.165, 1.54) is 43.8 Å². The van der Waals surface area contributed by atoms with Crippen LogP contribution in [0.3, 0.4) is 0 Å². The van der Waals surface area contributed by atoms with Crippen LogP contribution in [-0.4, -0.2) is 0 Å². The van der Waals surface area contributed by atoms with Crippen molar-refractivity contribution in [1.29, 1.82) is 0 Å². The van der Waals surface area contributed by atoms with E-state index in [2.05, 4.69) is 223 Å². The standard InChI is InChI=1S/C56H37NO/c1-2-14-41(15-3-1)50-35-32-44(49-26-12-19-40-17-5-7-23-47(40)49)37-53(50)57(52-27-13-29-55-56(52)51-24-8-9-28-54(51)58-55)45-33-30-38(31-34-45)42-20-10-21-43(36-42)48-25-11-18-39-16-4-6-22-46(39)48/h1-37H. The third-order valence-electron chi connectivity index (χ3n) is 11.5. The maximum absolute atomic E-state index is 6.50. The zero-order valence-corrected chi connectivity index (χ0v) is 31.7. The Hall–Kier alpha value is -7.68. The second-order valence-electron chi connectivity index (χ2n) is 14.9. The third-order valence-corrected chi connectivity index (χ3v) is 11.5. The minimum absolute atomic E-state index is 0.858. The summed E-state index contributed by atoms with van der Waals surface area (Å²) in [6.45, 7) is 0. The van der Waals surface area contributed by atoms with Crippen molar-refractivity contribution in [3.63, 3.8) is 0 Å². The highest BCUT2D eigenvalue weighted by Gasteiger charge is 2.23. The van der Waals surface area contributed by atoms with Crippen molar-refractivity contribution in [1.82, 2.24) is 0 Å². The van der Waals surface area contributed by atoms with Crippen molar-refractivity contribution in [2.75, 3.05) is 4.90 Å². The normalized spacial score (nSPS) is 11.4. The van der Waals surface area contributed by atoms with E-state index in [4.69, 9.17) is 4.42 Å². The summed E-state index contributed by atoms with van der Waals surface area (Å²) >= 11 is 0. The van der Waals surface area contributed by atoms with Gasteiger partial charge in [0.2, 0.25) is 0 Å². The third kappa shape index (κ3) is 5.82. The highest BCUT2D eigenvalue weighted by Crippen LogP contribution is 2.48. The number of anilines is 3. The van der Waals surface area contributed by atoms with Crippen LogP contribution >= 0.6 is 0 Å². The molecule has 1 heterocycles. The second-order valence-corrected chi connectivity index (χ2v) is 14.9. The largest absolute Gasteiger partial charge is 0.456 e. The van der Waals surface area contributed by atoms with Crippen LogP contribution in [0, 0.1) is 0 Å². The van der Waals surface area contributed by atoms with Gasteiger partial charge in [-0.15, -0.1) is 0 Å². The second kappa shape index (κ2) is 14.1. The Morgan fingerprint density at radius 1 is 0.293 bits per heavy atom. The molecule has 10 aromatic carbocycles. The predicted molar refractivity (Wildman–Crippen MR) is 245 cm³/mol. The molecule has 2 nitrogen and oxygen atoms in total. The summed E-state index contributed by atoms with van der Waals surface area (Å²) in [6, 6.07) is 80.8. The van der Waals surface area contributed by atoms with Crippen LogP contribution in [0.1, 0.15) is 0 Å². The molecular weight excluding hydrogens is 703 g/mol. The lowest BCUT2D eigenvalue weighted by atomic mass is 9.93. The molecular formula is C56H37NO. The summed E-state index contributed by atoms with van der Waals surface area (Å²) in [5.74, 6) is 0. The molecule has 0 radical (unpaired) electrons. The summed E-state index contributed by atoms with van der Waals surface area (Å²) in [7, 11) is 0. The molecule has 0 N–H and O–H groups in total. The average Bonchev–Trinajstić information content (AvgIpc) is 3.69. The van der Waals surface area contributed by atoms with Gasteiger partial charge >= 0.3 is 0 Å². The first kappa shape index (κ1) is 33.6. The minimum Gasteiger partial charge on any atom is -0.456 e. The number of fused-ring (bicyclic) bond motifs is 5. The molecule has 0 spiro atoms. The number of benzene rings is 10. The lowest BCUT2D eigenvalue weighted by Crippen LogP contribution is -2.12. The van der Waals surface area contributed by atoms with Crippen LogP contribution in [0.5, 0.6) is 0 Å². The lowest BCUT2D eigenvalue weighted by Gasteiger charge is -2.29. The van der Waals surface area contributed by atoms with Crippen LogP contribution in [-0.2, 0) is 0 Å². The molecule has 0 aliphatic carbocycles. The van der Waals surface area contributed by atoms with Crippen molar-refractivity contribution in [2.45, 2.75) is 0 Å². The van der Waals surface area contributed by atoms with Crippen LogP contribution < -0.4 is 4.90 Å². The van der Waals surface area contributed by atoms with Gasteiger partial charge in [-0.25, -0.2) is 0 Å². The zero-order valence-electron chi connectivity index (χ0n) is 31.7. The smallest absolute Gasteiger partial charge is 0.137 e. The van der Waals surface area contributed by atoms with Crippen molar-refractivity contribution in [3.05, 3.63) is 224 Å². The maximum Gasteiger partial charge on any atom is 0.137 e. The van der Waals surface area contributed by atoms with Crippen molar-refractivity contribution in [2.24, 2.45) is 0 Å². The molecule has 0 bridgehead atoms. The van der Waals surface area contributed by atoms with Crippen molar-refractivity contribution in [3.8, 4) is 44.5 Å². The Morgan fingerprint density at radius 3 is 1.57 bits per heavy atom. The van der Waals surface area contributed by atoms with Gasteiger partial charge in [0.05, 0.1) is 16.8 Å². The average molecular weight is 740 g/mol. The van der Waals surface area contributed by atoms with Crippen molar-refractivity contribution >= 4 is 60.5 Å². The Morgan fingerprint density at radius 2 is 0.828 bits per heavy atom. The molecule has 0 atom stereocenters. The molecule has 0 saturated heterocycles. The molecule has 11 aromatic rings. The summed E-state index contributed by atoms with van der Waals surface area (Å²) < 4.78 is 6.50. The fourth-order valence-corrected chi connectivity index (χ4v) is 8.72. The molecule has 0 amide bonds. The Bertz CT molecular complexity index is 3270. The topological polar surface area (TPSA) is 16.4 Å². The molecule has 0 aliphatic heterocycles. The van der Waals surface area contributed by atoms with Gasteiger partial charge in [0.1, 0.15) is 11.2 Å². The molecule has 2 heteroatoms. The number of para-hydroxylation sites is 1. The van der Waals surface area contributed by atoms with E-state index in [0.29, 0.717) is 0 Å². The van der Waals surface area contributed by atoms with Crippen LogP contribution in [0.2, 0.25) is 0 Å². The number of furan rings is 1. The molecule has 1 aromatic heterocycles. The lowest BCUT2D eigenvalue weighted by molar-refractivity contribution is 0.669. The summed E-state index contributed by atoms with van der Waals surface area (Å²) in [5.41, 5.74) is 14.4. The van der Waals surface area contributed by atoms with Crippen molar-refractivity contribution < 1.29 is 4.42 Å². The van der Waals surface area contributed by atoms with Gasteiger partial charge in [-0.2, -0.15) is 0 Å². The van der Waals surface area contributed by atoms with Crippen LogP contribution in [0.15, 0.2) is 229 Å².